The summed E-state index contributed by atoms with van der Waals surface area (Å²) in [5.74, 6) is -0.186. The molecule has 1 aromatic carbocycles. The van der Waals surface area contributed by atoms with Crippen molar-refractivity contribution in [2.75, 3.05) is 6.54 Å². The molecule has 2 aromatic rings. The molecular weight excluding hydrogens is 229 g/mol. The predicted octanol–water partition coefficient (Wildman–Crippen LogP) is 2.51. The van der Waals surface area contributed by atoms with E-state index in [2.05, 4.69) is 21.8 Å². The Labute approximate surface area is 107 Å². The van der Waals surface area contributed by atoms with Gasteiger partial charge in [0, 0.05) is 25.0 Å². The number of nitrogens with zero attached hydrogens (tertiary/aromatic N) is 2. The molecule has 4 heteroatoms. The Kier molecular flexibility index (Phi) is 4.47. The molecule has 96 valence electrons. The molecule has 0 radical (unpaired) electrons. The Morgan fingerprint density at radius 2 is 2.06 bits per heavy atom. The molecule has 3 nitrogen and oxygen atoms in total. The van der Waals surface area contributed by atoms with Crippen LogP contribution < -0.4 is 5.32 Å². The lowest BCUT2D eigenvalue weighted by molar-refractivity contribution is 0.573. The predicted molar refractivity (Wildman–Crippen MR) is 69.7 cm³/mol. The lowest BCUT2D eigenvalue weighted by Crippen LogP contribution is -2.16. The summed E-state index contributed by atoms with van der Waals surface area (Å²) < 4.78 is 14.8. The zero-order valence-electron chi connectivity index (χ0n) is 10.6. The molecular formula is C14H18FN3. The third-order valence-electron chi connectivity index (χ3n) is 2.92. The van der Waals surface area contributed by atoms with Gasteiger partial charge < -0.3 is 9.88 Å². The number of imidazole rings is 1. The Hall–Kier alpha value is -1.68. The highest BCUT2D eigenvalue weighted by atomic mass is 19.1. The second kappa shape index (κ2) is 6.31. The number of benzene rings is 1. The molecule has 0 aliphatic rings. The fourth-order valence-corrected chi connectivity index (χ4v) is 1.83. The van der Waals surface area contributed by atoms with Crippen molar-refractivity contribution in [3.05, 3.63) is 53.9 Å². The van der Waals surface area contributed by atoms with Gasteiger partial charge in [0.05, 0.1) is 6.33 Å². The first kappa shape index (κ1) is 12.8. The van der Waals surface area contributed by atoms with Crippen molar-refractivity contribution in [1.82, 2.24) is 14.9 Å². The number of halogens is 1. The summed E-state index contributed by atoms with van der Waals surface area (Å²) in [6.45, 7) is 4.75. The summed E-state index contributed by atoms with van der Waals surface area (Å²) in [6.07, 6.45) is 4.78. The minimum absolute atomic E-state index is 0.186. The van der Waals surface area contributed by atoms with Gasteiger partial charge in [0.15, 0.2) is 0 Å². The van der Waals surface area contributed by atoms with E-state index in [1.807, 2.05) is 24.7 Å². The quantitative estimate of drug-likeness (QED) is 0.795. The summed E-state index contributed by atoms with van der Waals surface area (Å²) in [6, 6.07) is 6.60. The van der Waals surface area contributed by atoms with Crippen molar-refractivity contribution in [2.45, 2.75) is 26.4 Å². The van der Waals surface area contributed by atoms with Crippen LogP contribution in [0.25, 0.3) is 0 Å². The van der Waals surface area contributed by atoms with Gasteiger partial charge in [-0.2, -0.15) is 0 Å². The topological polar surface area (TPSA) is 29.9 Å². The standard InChI is InChI=1S/C14H18FN3/c1-12-9-17-11-18(12)8-2-7-16-10-13-3-5-14(15)6-4-13/h3-6,9,11,16H,2,7-8,10H2,1H3. The van der Waals surface area contributed by atoms with Gasteiger partial charge in [-0.15, -0.1) is 0 Å². The van der Waals surface area contributed by atoms with Crippen LogP contribution >= 0.6 is 0 Å². The van der Waals surface area contributed by atoms with E-state index < -0.39 is 0 Å². The maximum atomic E-state index is 12.7. The van der Waals surface area contributed by atoms with E-state index in [9.17, 15) is 4.39 Å². The maximum Gasteiger partial charge on any atom is 0.123 e. The van der Waals surface area contributed by atoms with Gasteiger partial charge in [-0.3, -0.25) is 0 Å². The van der Waals surface area contributed by atoms with Gasteiger partial charge in [-0.25, -0.2) is 9.37 Å². The number of aromatic nitrogens is 2. The highest BCUT2D eigenvalue weighted by Gasteiger charge is 1.96. The van der Waals surface area contributed by atoms with Crippen molar-refractivity contribution in [1.29, 1.82) is 0 Å². The average molecular weight is 247 g/mol. The summed E-state index contributed by atoms with van der Waals surface area (Å²) >= 11 is 0. The van der Waals surface area contributed by atoms with Crippen LogP contribution in [0.15, 0.2) is 36.8 Å². The normalized spacial score (nSPS) is 10.8. The molecule has 1 N–H and O–H groups in total. The van der Waals surface area contributed by atoms with Gasteiger partial charge in [-0.1, -0.05) is 12.1 Å². The van der Waals surface area contributed by atoms with Gasteiger partial charge >= 0.3 is 0 Å². The Morgan fingerprint density at radius 3 is 2.72 bits per heavy atom. The summed E-state index contributed by atoms with van der Waals surface area (Å²) in [7, 11) is 0. The van der Waals surface area contributed by atoms with Crippen LogP contribution in [0, 0.1) is 12.7 Å². The fourth-order valence-electron chi connectivity index (χ4n) is 1.83. The SMILES string of the molecule is Cc1cncn1CCCNCc1ccc(F)cc1. The monoisotopic (exact) mass is 247 g/mol. The van der Waals surface area contributed by atoms with Gasteiger partial charge in [0.1, 0.15) is 5.82 Å². The van der Waals surface area contributed by atoms with Crippen LogP contribution in [-0.2, 0) is 13.1 Å². The molecule has 0 spiro atoms. The van der Waals surface area contributed by atoms with Crippen LogP contribution in [0.2, 0.25) is 0 Å². The van der Waals surface area contributed by atoms with Crippen molar-refractivity contribution in [3.8, 4) is 0 Å². The zero-order chi connectivity index (χ0) is 12.8. The van der Waals surface area contributed by atoms with Gasteiger partial charge in [0.2, 0.25) is 0 Å². The first-order chi connectivity index (χ1) is 8.75. The lowest BCUT2D eigenvalue weighted by atomic mass is 10.2. The fraction of sp³-hybridized carbons (Fsp3) is 0.357. The lowest BCUT2D eigenvalue weighted by Gasteiger charge is -2.07. The van der Waals surface area contributed by atoms with Crippen LogP contribution in [0.5, 0.6) is 0 Å². The van der Waals surface area contributed by atoms with Crippen molar-refractivity contribution in [3.63, 3.8) is 0 Å². The number of aryl methyl sites for hydroxylation is 2. The van der Waals surface area contributed by atoms with E-state index in [1.165, 1.54) is 17.8 Å². The highest BCUT2D eigenvalue weighted by Crippen LogP contribution is 2.02. The molecule has 0 amide bonds. The zero-order valence-corrected chi connectivity index (χ0v) is 10.6. The van der Waals surface area contributed by atoms with E-state index in [1.54, 1.807) is 0 Å². The van der Waals surface area contributed by atoms with E-state index >= 15 is 0 Å². The summed E-state index contributed by atoms with van der Waals surface area (Å²) in [5, 5.41) is 3.35. The molecule has 1 aromatic heterocycles. The van der Waals surface area contributed by atoms with Crippen molar-refractivity contribution < 1.29 is 4.39 Å². The minimum atomic E-state index is -0.186. The average Bonchev–Trinajstić information content (AvgIpc) is 2.77. The smallest absolute Gasteiger partial charge is 0.123 e. The van der Waals surface area contributed by atoms with Gasteiger partial charge in [-0.05, 0) is 37.6 Å². The molecule has 2 rings (SSSR count). The molecule has 0 aliphatic heterocycles. The molecule has 0 saturated heterocycles. The molecule has 0 unspecified atom stereocenters. The minimum Gasteiger partial charge on any atom is -0.335 e. The van der Waals surface area contributed by atoms with Crippen LogP contribution in [0.4, 0.5) is 4.39 Å². The number of nitrogens with one attached hydrogen (secondary N) is 1. The van der Waals surface area contributed by atoms with Crippen LogP contribution in [-0.4, -0.2) is 16.1 Å². The first-order valence-electron chi connectivity index (χ1n) is 6.17. The van der Waals surface area contributed by atoms with E-state index in [0.29, 0.717) is 0 Å². The Balaban J connectivity index is 1.64. The molecule has 0 aliphatic carbocycles. The molecule has 0 bridgehead atoms. The molecule has 0 atom stereocenters. The second-order valence-corrected chi connectivity index (χ2v) is 4.39. The third kappa shape index (κ3) is 3.67. The molecule has 1 heterocycles. The number of rotatable bonds is 6. The molecule has 18 heavy (non-hydrogen) atoms. The largest absolute Gasteiger partial charge is 0.335 e. The maximum absolute atomic E-state index is 12.7. The number of hydrogen-bond donors (Lipinski definition) is 1. The van der Waals surface area contributed by atoms with E-state index in [4.69, 9.17) is 0 Å². The Morgan fingerprint density at radius 1 is 1.28 bits per heavy atom. The Bertz CT molecular complexity index is 476. The second-order valence-electron chi connectivity index (χ2n) is 4.39. The highest BCUT2D eigenvalue weighted by molar-refractivity contribution is 5.15. The molecule has 0 saturated carbocycles. The summed E-state index contributed by atoms with van der Waals surface area (Å²) in [4.78, 5) is 4.08. The van der Waals surface area contributed by atoms with Gasteiger partial charge in [0.25, 0.3) is 0 Å². The van der Waals surface area contributed by atoms with E-state index in [0.717, 1.165) is 31.6 Å². The third-order valence-corrected chi connectivity index (χ3v) is 2.92. The number of hydrogen-bond acceptors (Lipinski definition) is 2. The van der Waals surface area contributed by atoms with Crippen LogP contribution in [0.3, 0.4) is 0 Å². The molecule has 0 fully saturated rings. The van der Waals surface area contributed by atoms with Crippen LogP contribution in [0.1, 0.15) is 17.7 Å². The van der Waals surface area contributed by atoms with E-state index in [-0.39, 0.29) is 5.82 Å². The van der Waals surface area contributed by atoms with Crippen molar-refractivity contribution in [2.24, 2.45) is 0 Å². The van der Waals surface area contributed by atoms with Crippen molar-refractivity contribution >= 4 is 0 Å². The summed E-state index contributed by atoms with van der Waals surface area (Å²) in [5.41, 5.74) is 2.30. The first-order valence-corrected chi connectivity index (χ1v) is 6.17.